The number of carbonyl (C=O) groups excluding carboxylic acids is 3. The van der Waals surface area contributed by atoms with E-state index < -0.39 is 23.5 Å². The quantitative estimate of drug-likeness (QED) is 0.403. The topological polar surface area (TPSA) is 103 Å². The first kappa shape index (κ1) is 10.5. The molecule has 8 heteroatoms. The summed E-state index contributed by atoms with van der Waals surface area (Å²) in [6.07, 6.45) is 1.54. The van der Waals surface area contributed by atoms with Gasteiger partial charge < -0.3 is 5.32 Å². The average molecular weight is 247 g/mol. The van der Waals surface area contributed by atoms with Crippen molar-refractivity contribution in [3.05, 3.63) is 18.3 Å². The molecule has 0 aromatic carbocycles. The molecule has 1 aromatic rings. The molecule has 1 saturated heterocycles. The molecule has 1 atom stereocenters. The maximum atomic E-state index is 12.2. The van der Waals surface area contributed by atoms with E-state index >= 15 is 0 Å². The Labute approximate surface area is 101 Å². The summed E-state index contributed by atoms with van der Waals surface area (Å²) >= 11 is 0. The van der Waals surface area contributed by atoms with Gasteiger partial charge in [0, 0.05) is 13.2 Å². The summed E-state index contributed by atoms with van der Waals surface area (Å²) in [5, 5.41) is 7.09. The lowest BCUT2D eigenvalue weighted by molar-refractivity contribution is -0.133. The zero-order valence-corrected chi connectivity index (χ0v) is 9.35. The first-order valence-corrected chi connectivity index (χ1v) is 5.19. The minimum atomic E-state index is -1.78. The predicted octanol–water partition coefficient (Wildman–Crippen LogP) is -0.994. The van der Waals surface area contributed by atoms with Gasteiger partial charge >= 0.3 is 6.03 Å². The van der Waals surface area contributed by atoms with Crippen molar-refractivity contribution in [1.82, 2.24) is 15.6 Å². The highest BCUT2D eigenvalue weighted by atomic mass is 16.2. The Balaban J connectivity index is 2.14. The van der Waals surface area contributed by atoms with Crippen LogP contribution < -0.4 is 20.9 Å². The third-order valence-corrected chi connectivity index (χ3v) is 2.92. The van der Waals surface area contributed by atoms with Crippen molar-refractivity contribution < 1.29 is 14.4 Å². The summed E-state index contributed by atoms with van der Waals surface area (Å²) < 4.78 is 0. The van der Waals surface area contributed by atoms with Crippen LogP contribution in [0.15, 0.2) is 18.3 Å². The smallest absolute Gasteiger partial charge is 0.324 e. The number of amides is 4. The first-order chi connectivity index (χ1) is 8.54. The highest BCUT2D eigenvalue weighted by molar-refractivity contribution is 6.26. The van der Waals surface area contributed by atoms with E-state index in [9.17, 15) is 14.4 Å². The standard InChI is InChI=1S/C10H9N5O3/c1-15-6-5(3-2-4-11-6)13-10(8(15)17)7(16)12-9(18)14-10/h2-4,13H,1H3,(H2,12,14,16,18). The molecule has 1 fully saturated rings. The minimum Gasteiger partial charge on any atom is -0.344 e. The minimum absolute atomic E-state index is 0.405. The zero-order chi connectivity index (χ0) is 12.9. The lowest BCUT2D eigenvalue weighted by Gasteiger charge is -2.36. The van der Waals surface area contributed by atoms with Crippen molar-refractivity contribution in [2.75, 3.05) is 17.3 Å². The lowest BCUT2D eigenvalue weighted by Crippen LogP contribution is -2.66. The molecule has 4 amide bonds. The van der Waals surface area contributed by atoms with Gasteiger partial charge in [0.15, 0.2) is 5.82 Å². The Kier molecular flexibility index (Phi) is 1.86. The predicted molar refractivity (Wildman–Crippen MR) is 60.7 cm³/mol. The molecule has 0 bridgehead atoms. The van der Waals surface area contributed by atoms with Crippen LogP contribution in [0.2, 0.25) is 0 Å². The summed E-state index contributed by atoms with van der Waals surface area (Å²) in [6, 6.07) is 2.63. The van der Waals surface area contributed by atoms with Crippen molar-refractivity contribution in [2.45, 2.75) is 5.66 Å². The molecule has 0 radical (unpaired) electrons. The van der Waals surface area contributed by atoms with Gasteiger partial charge in [0.25, 0.3) is 17.5 Å². The number of nitrogens with one attached hydrogen (secondary N) is 3. The van der Waals surface area contributed by atoms with Crippen LogP contribution in [-0.4, -0.2) is 35.5 Å². The van der Waals surface area contributed by atoms with E-state index in [1.165, 1.54) is 18.1 Å². The number of pyridine rings is 1. The molecule has 1 spiro atoms. The van der Waals surface area contributed by atoms with Gasteiger partial charge in [-0.15, -0.1) is 0 Å². The molecule has 1 aromatic heterocycles. The number of urea groups is 1. The second-order valence-corrected chi connectivity index (χ2v) is 4.02. The van der Waals surface area contributed by atoms with Gasteiger partial charge in [-0.05, 0) is 12.1 Å². The maximum absolute atomic E-state index is 12.2. The van der Waals surface area contributed by atoms with Crippen LogP contribution in [0.3, 0.4) is 0 Å². The molecule has 92 valence electrons. The number of likely N-dealkylation sites (N-methyl/N-ethyl adjacent to an activating group) is 1. The van der Waals surface area contributed by atoms with E-state index in [-0.39, 0.29) is 0 Å². The monoisotopic (exact) mass is 247 g/mol. The largest absolute Gasteiger partial charge is 0.344 e. The van der Waals surface area contributed by atoms with Gasteiger partial charge in [0.1, 0.15) is 0 Å². The Hall–Kier alpha value is -2.64. The maximum Gasteiger partial charge on any atom is 0.324 e. The first-order valence-electron chi connectivity index (χ1n) is 5.19. The fourth-order valence-electron chi connectivity index (χ4n) is 2.06. The molecule has 3 heterocycles. The molecular formula is C10H9N5O3. The number of nitrogens with zero attached hydrogens (tertiary/aromatic N) is 2. The Morgan fingerprint density at radius 2 is 2.06 bits per heavy atom. The van der Waals surface area contributed by atoms with Crippen molar-refractivity contribution >= 4 is 29.4 Å². The average Bonchev–Trinajstić information content (AvgIpc) is 2.62. The van der Waals surface area contributed by atoms with E-state index in [0.29, 0.717) is 11.5 Å². The molecule has 8 nitrogen and oxygen atoms in total. The third-order valence-electron chi connectivity index (χ3n) is 2.92. The van der Waals surface area contributed by atoms with E-state index in [2.05, 4.69) is 15.6 Å². The van der Waals surface area contributed by atoms with E-state index in [1.807, 2.05) is 5.32 Å². The second kappa shape index (κ2) is 3.19. The third kappa shape index (κ3) is 1.14. The van der Waals surface area contributed by atoms with Crippen molar-refractivity contribution in [3.63, 3.8) is 0 Å². The second-order valence-electron chi connectivity index (χ2n) is 4.02. The van der Waals surface area contributed by atoms with Gasteiger partial charge in [0.05, 0.1) is 5.69 Å². The van der Waals surface area contributed by atoms with Crippen LogP contribution in [0.1, 0.15) is 0 Å². The number of aromatic nitrogens is 1. The summed E-state index contributed by atoms with van der Waals surface area (Å²) in [5.74, 6) is -0.905. The Bertz CT molecular complexity index is 587. The molecule has 1 unspecified atom stereocenters. The summed E-state index contributed by atoms with van der Waals surface area (Å²) in [6.45, 7) is 0. The van der Waals surface area contributed by atoms with E-state index in [0.717, 1.165) is 0 Å². The van der Waals surface area contributed by atoms with Crippen LogP contribution >= 0.6 is 0 Å². The fourth-order valence-corrected chi connectivity index (χ4v) is 2.06. The van der Waals surface area contributed by atoms with Gasteiger partial charge in [0.2, 0.25) is 0 Å². The SMILES string of the molecule is CN1C(=O)C2(NC(=O)NC2=O)Nc2cccnc21. The highest BCUT2D eigenvalue weighted by Gasteiger charge is 2.57. The summed E-state index contributed by atoms with van der Waals surface area (Å²) in [4.78, 5) is 40.5. The number of rotatable bonds is 0. The highest BCUT2D eigenvalue weighted by Crippen LogP contribution is 2.32. The van der Waals surface area contributed by atoms with Crippen molar-refractivity contribution in [3.8, 4) is 0 Å². The number of hydrogen-bond donors (Lipinski definition) is 3. The van der Waals surface area contributed by atoms with Crippen LogP contribution in [0.5, 0.6) is 0 Å². The van der Waals surface area contributed by atoms with E-state index in [4.69, 9.17) is 0 Å². The molecule has 3 N–H and O–H groups in total. The van der Waals surface area contributed by atoms with Gasteiger partial charge in [-0.2, -0.15) is 0 Å². The van der Waals surface area contributed by atoms with E-state index in [1.54, 1.807) is 12.1 Å². The molecule has 0 aliphatic carbocycles. The normalized spacial score (nSPS) is 25.6. The number of imide groups is 1. The molecule has 2 aliphatic heterocycles. The van der Waals surface area contributed by atoms with Crippen LogP contribution in [-0.2, 0) is 9.59 Å². The Morgan fingerprint density at radius 1 is 1.28 bits per heavy atom. The summed E-state index contributed by atoms with van der Waals surface area (Å²) in [5.41, 5.74) is -1.28. The number of anilines is 2. The van der Waals surface area contributed by atoms with Crippen molar-refractivity contribution in [2.24, 2.45) is 0 Å². The fraction of sp³-hybridized carbons (Fsp3) is 0.200. The zero-order valence-electron chi connectivity index (χ0n) is 9.35. The number of fused-ring (bicyclic) bond motifs is 1. The number of hydrogen-bond acceptors (Lipinski definition) is 5. The number of carbonyl (C=O) groups is 3. The van der Waals surface area contributed by atoms with Gasteiger partial charge in [-0.1, -0.05) is 0 Å². The van der Waals surface area contributed by atoms with Gasteiger partial charge in [-0.25, -0.2) is 9.78 Å². The molecular weight excluding hydrogens is 238 g/mol. The van der Waals surface area contributed by atoms with Crippen LogP contribution in [0, 0.1) is 0 Å². The van der Waals surface area contributed by atoms with Gasteiger partial charge in [-0.3, -0.25) is 25.1 Å². The molecule has 2 aliphatic rings. The molecule has 0 saturated carbocycles. The molecule has 18 heavy (non-hydrogen) atoms. The summed E-state index contributed by atoms with van der Waals surface area (Å²) in [7, 11) is 1.49. The lowest BCUT2D eigenvalue weighted by atomic mass is 10.1. The van der Waals surface area contributed by atoms with Crippen molar-refractivity contribution in [1.29, 1.82) is 0 Å². The Morgan fingerprint density at radius 3 is 2.72 bits per heavy atom. The van der Waals surface area contributed by atoms with Crippen LogP contribution in [0.4, 0.5) is 16.3 Å². The molecule has 3 rings (SSSR count). The van der Waals surface area contributed by atoms with Crippen LogP contribution in [0.25, 0.3) is 0 Å².